The number of nitrogens with one attached hydrogen (secondary N) is 1. The Morgan fingerprint density at radius 3 is 2.76 bits per heavy atom. The van der Waals surface area contributed by atoms with E-state index in [1.807, 2.05) is 12.1 Å². The maximum Gasteiger partial charge on any atom is 0.275 e. The number of piperidine rings is 1. The first kappa shape index (κ1) is 16.4. The van der Waals surface area contributed by atoms with E-state index >= 15 is 0 Å². The van der Waals surface area contributed by atoms with Crippen LogP contribution in [0.2, 0.25) is 0 Å². The zero-order valence-electron chi connectivity index (χ0n) is 12.3. The summed E-state index contributed by atoms with van der Waals surface area (Å²) >= 11 is 3.30. The van der Waals surface area contributed by atoms with E-state index in [1.165, 1.54) is 0 Å². The number of benzene rings is 1. The minimum absolute atomic E-state index is 0.208. The Balaban J connectivity index is 1.93. The van der Waals surface area contributed by atoms with Gasteiger partial charge in [0.25, 0.3) is 5.69 Å². The lowest BCUT2D eigenvalue weighted by Gasteiger charge is -2.32. The predicted octanol–water partition coefficient (Wildman–Crippen LogP) is 3.18. The number of hydrogen-bond acceptors (Lipinski definition) is 4. The van der Waals surface area contributed by atoms with E-state index in [2.05, 4.69) is 33.1 Å². The molecule has 2 rings (SSSR count). The van der Waals surface area contributed by atoms with Gasteiger partial charge in [0.05, 0.1) is 4.92 Å². The Morgan fingerprint density at radius 1 is 1.43 bits per heavy atom. The summed E-state index contributed by atoms with van der Waals surface area (Å²) in [6.07, 6.45) is 2.33. The van der Waals surface area contributed by atoms with Gasteiger partial charge in [0.1, 0.15) is 0 Å². The summed E-state index contributed by atoms with van der Waals surface area (Å²) in [5, 5.41) is 14.5. The summed E-state index contributed by atoms with van der Waals surface area (Å²) in [5.41, 5.74) is 1.01. The molecule has 1 saturated heterocycles. The van der Waals surface area contributed by atoms with Crippen LogP contribution in [0.1, 0.15) is 25.3 Å². The summed E-state index contributed by atoms with van der Waals surface area (Å²) in [4.78, 5) is 13.2. The molecule has 21 heavy (non-hydrogen) atoms. The molecule has 1 aliphatic rings. The average molecular weight is 356 g/mol. The molecule has 116 valence electrons. The number of halogens is 1. The van der Waals surface area contributed by atoms with Gasteiger partial charge < -0.3 is 5.32 Å². The summed E-state index contributed by atoms with van der Waals surface area (Å²) in [6.45, 7) is 6.93. The fourth-order valence-electron chi connectivity index (χ4n) is 2.78. The quantitative estimate of drug-likeness (QED) is 0.628. The molecular weight excluding hydrogens is 334 g/mol. The Hall–Kier alpha value is -0.980. The molecule has 1 aromatic rings. The second-order valence-corrected chi connectivity index (χ2v) is 6.47. The normalized spacial score (nSPS) is 17.0. The molecule has 0 aromatic heterocycles. The molecule has 0 radical (unpaired) electrons. The van der Waals surface area contributed by atoms with Crippen LogP contribution in [0.25, 0.3) is 0 Å². The molecule has 6 heteroatoms. The second kappa shape index (κ2) is 7.87. The SMILES string of the molecule is CCNCC1CCN(Cc2ccc(Br)cc2[N+](=O)[O-])CC1. The number of nitrogens with zero attached hydrogens (tertiary/aromatic N) is 2. The first-order valence-corrected chi connectivity index (χ1v) is 8.25. The Morgan fingerprint density at radius 2 is 2.14 bits per heavy atom. The van der Waals surface area contributed by atoms with Crippen LogP contribution in [-0.2, 0) is 6.54 Å². The maximum atomic E-state index is 11.1. The molecule has 0 atom stereocenters. The topological polar surface area (TPSA) is 58.4 Å². The fraction of sp³-hybridized carbons (Fsp3) is 0.600. The summed E-state index contributed by atoms with van der Waals surface area (Å²) < 4.78 is 0.752. The van der Waals surface area contributed by atoms with Crippen molar-refractivity contribution in [2.24, 2.45) is 5.92 Å². The van der Waals surface area contributed by atoms with E-state index in [9.17, 15) is 10.1 Å². The zero-order valence-corrected chi connectivity index (χ0v) is 13.9. The van der Waals surface area contributed by atoms with Crippen molar-refractivity contribution in [1.82, 2.24) is 10.2 Å². The molecule has 0 aliphatic carbocycles. The largest absolute Gasteiger partial charge is 0.317 e. The van der Waals surface area contributed by atoms with Gasteiger partial charge in [-0.25, -0.2) is 0 Å². The molecule has 0 bridgehead atoms. The van der Waals surface area contributed by atoms with Gasteiger partial charge in [-0.15, -0.1) is 0 Å². The number of rotatable bonds is 6. The van der Waals surface area contributed by atoms with Crippen molar-refractivity contribution in [3.8, 4) is 0 Å². The molecule has 0 unspecified atom stereocenters. The van der Waals surface area contributed by atoms with E-state index in [0.29, 0.717) is 6.54 Å². The van der Waals surface area contributed by atoms with Crippen LogP contribution >= 0.6 is 15.9 Å². The van der Waals surface area contributed by atoms with Gasteiger partial charge in [0.2, 0.25) is 0 Å². The molecule has 0 amide bonds. The zero-order chi connectivity index (χ0) is 15.2. The van der Waals surface area contributed by atoms with Gasteiger partial charge in [-0.3, -0.25) is 15.0 Å². The summed E-state index contributed by atoms with van der Waals surface area (Å²) in [7, 11) is 0. The molecule has 0 saturated carbocycles. The Bertz CT molecular complexity index is 488. The summed E-state index contributed by atoms with van der Waals surface area (Å²) in [6, 6.07) is 5.32. The number of nitro benzene ring substituents is 1. The highest BCUT2D eigenvalue weighted by Crippen LogP contribution is 2.26. The molecule has 5 nitrogen and oxygen atoms in total. The third-order valence-corrected chi connectivity index (χ3v) is 4.52. The van der Waals surface area contributed by atoms with Gasteiger partial charge in [-0.05, 0) is 57.1 Å². The van der Waals surface area contributed by atoms with Gasteiger partial charge >= 0.3 is 0 Å². The monoisotopic (exact) mass is 355 g/mol. The van der Waals surface area contributed by atoms with Crippen LogP contribution in [0, 0.1) is 16.0 Å². The lowest BCUT2D eigenvalue weighted by atomic mass is 9.96. The number of hydrogen-bond donors (Lipinski definition) is 1. The van der Waals surface area contributed by atoms with E-state index < -0.39 is 0 Å². The molecule has 1 fully saturated rings. The van der Waals surface area contributed by atoms with Crippen molar-refractivity contribution >= 4 is 21.6 Å². The first-order chi connectivity index (χ1) is 10.1. The van der Waals surface area contributed by atoms with Crippen molar-refractivity contribution in [3.05, 3.63) is 38.3 Å². The van der Waals surface area contributed by atoms with E-state index in [0.717, 1.165) is 55.0 Å². The number of likely N-dealkylation sites (tertiary alicyclic amines) is 1. The van der Waals surface area contributed by atoms with Crippen molar-refractivity contribution in [1.29, 1.82) is 0 Å². The van der Waals surface area contributed by atoms with Gasteiger partial charge in [0, 0.05) is 22.6 Å². The lowest BCUT2D eigenvalue weighted by Crippen LogP contribution is -2.37. The molecule has 1 aromatic carbocycles. The van der Waals surface area contributed by atoms with Crippen LogP contribution in [-0.4, -0.2) is 36.0 Å². The minimum Gasteiger partial charge on any atom is -0.317 e. The Labute approximate surface area is 134 Å². The molecule has 0 spiro atoms. The lowest BCUT2D eigenvalue weighted by molar-refractivity contribution is -0.385. The molecule has 1 aliphatic heterocycles. The van der Waals surface area contributed by atoms with E-state index in [4.69, 9.17) is 0 Å². The molecule has 1 N–H and O–H groups in total. The Kier molecular flexibility index (Phi) is 6.14. The molecular formula is C15H22BrN3O2. The highest BCUT2D eigenvalue weighted by atomic mass is 79.9. The average Bonchev–Trinajstić information content (AvgIpc) is 2.48. The van der Waals surface area contributed by atoms with Crippen LogP contribution in [0.5, 0.6) is 0 Å². The van der Waals surface area contributed by atoms with Gasteiger partial charge in [-0.2, -0.15) is 0 Å². The number of nitro groups is 1. The van der Waals surface area contributed by atoms with Crippen molar-refractivity contribution in [2.75, 3.05) is 26.2 Å². The predicted molar refractivity (Wildman–Crippen MR) is 87.3 cm³/mol. The first-order valence-electron chi connectivity index (χ1n) is 7.46. The maximum absolute atomic E-state index is 11.1. The fourth-order valence-corrected chi connectivity index (χ4v) is 3.13. The summed E-state index contributed by atoms with van der Waals surface area (Å²) in [5.74, 6) is 0.737. The van der Waals surface area contributed by atoms with E-state index in [1.54, 1.807) is 6.07 Å². The smallest absolute Gasteiger partial charge is 0.275 e. The molecule has 1 heterocycles. The van der Waals surface area contributed by atoms with E-state index in [-0.39, 0.29) is 10.6 Å². The van der Waals surface area contributed by atoms with Crippen molar-refractivity contribution in [2.45, 2.75) is 26.3 Å². The third-order valence-electron chi connectivity index (χ3n) is 4.03. The van der Waals surface area contributed by atoms with Crippen molar-refractivity contribution < 1.29 is 4.92 Å². The second-order valence-electron chi connectivity index (χ2n) is 5.56. The highest BCUT2D eigenvalue weighted by molar-refractivity contribution is 9.10. The third kappa shape index (κ3) is 4.76. The standard InChI is InChI=1S/C15H22BrN3O2/c1-2-17-10-12-5-7-18(8-6-12)11-13-3-4-14(16)9-15(13)19(20)21/h3-4,9,12,17H,2,5-8,10-11H2,1H3. The van der Waals surface area contributed by atoms with Gasteiger partial charge in [-0.1, -0.05) is 22.9 Å². The van der Waals surface area contributed by atoms with Crippen LogP contribution < -0.4 is 5.32 Å². The highest BCUT2D eigenvalue weighted by Gasteiger charge is 2.22. The minimum atomic E-state index is -0.294. The van der Waals surface area contributed by atoms with Crippen molar-refractivity contribution in [3.63, 3.8) is 0 Å². The van der Waals surface area contributed by atoms with Gasteiger partial charge in [0.15, 0.2) is 0 Å². The van der Waals surface area contributed by atoms with Crippen LogP contribution in [0.15, 0.2) is 22.7 Å². The van der Waals surface area contributed by atoms with Crippen LogP contribution in [0.3, 0.4) is 0 Å². The van der Waals surface area contributed by atoms with Crippen LogP contribution in [0.4, 0.5) is 5.69 Å².